The fourth-order valence-corrected chi connectivity index (χ4v) is 2.54. The standard InChI is InChI=1S/C16H34N2O/c1-13(2)12-16(5,6)15(19)18(8)11-9-10-17(7)14(3)4/h13-14H,9-12H2,1-8H3. The van der Waals surface area contributed by atoms with Crippen LogP contribution in [0.15, 0.2) is 0 Å². The molecule has 0 aliphatic heterocycles. The quantitative estimate of drug-likeness (QED) is 0.676. The Bertz CT molecular complexity index is 272. The number of rotatable bonds is 8. The lowest BCUT2D eigenvalue weighted by atomic mass is 9.82. The fraction of sp³-hybridized carbons (Fsp3) is 0.938. The van der Waals surface area contributed by atoms with Gasteiger partial charge in [-0.25, -0.2) is 0 Å². The molecule has 0 atom stereocenters. The monoisotopic (exact) mass is 270 g/mol. The maximum absolute atomic E-state index is 12.4. The van der Waals surface area contributed by atoms with Crippen molar-refractivity contribution in [1.82, 2.24) is 9.80 Å². The molecule has 0 aliphatic carbocycles. The van der Waals surface area contributed by atoms with Crippen molar-refractivity contribution in [2.45, 2.75) is 60.4 Å². The van der Waals surface area contributed by atoms with Gasteiger partial charge in [0.15, 0.2) is 0 Å². The number of carbonyl (C=O) groups excluding carboxylic acids is 1. The number of amides is 1. The lowest BCUT2D eigenvalue weighted by Gasteiger charge is -2.31. The van der Waals surface area contributed by atoms with E-state index in [0.29, 0.717) is 12.0 Å². The summed E-state index contributed by atoms with van der Waals surface area (Å²) in [6, 6.07) is 0.568. The van der Waals surface area contributed by atoms with E-state index in [2.05, 4.69) is 53.5 Å². The zero-order valence-corrected chi connectivity index (χ0v) is 14.3. The molecule has 114 valence electrons. The number of carbonyl (C=O) groups is 1. The van der Waals surface area contributed by atoms with Crippen LogP contribution >= 0.6 is 0 Å². The van der Waals surface area contributed by atoms with Gasteiger partial charge in [-0.15, -0.1) is 0 Å². The van der Waals surface area contributed by atoms with Crippen molar-refractivity contribution in [3.8, 4) is 0 Å². The summed E-state index contributed by atoms with van der Waals surface area (Å²) in [5.74, 6) is 0.827. The molecule has 0 N–H and O–H groups in total. The third-order valence-electron chi connectivity index (χ3n) is 3.73. The Labute approximate surface area is 120 Å². The van der Waals surface area contributed by atoms with Crippen LogP contribution < -0.4 is 0 Å². The van der Waals surface area contributed by atoms with Gasteiger partial charge in [-0.3, -0.25) is 4.79 Å². The summed E-state index contributed by atoms with van der Waals surface area (Å²) in [6.07, 6.45) is 1.98. The van der Waals surface area contributed by atoms with Gasteiger partial charge in [-0.2, -0.15) is 0 Å². The minimum atomic E-state index is -0.243. The number of nitrogens with zero attached hydrogens (tertiary/aromatic N) is 2. The molecule has 0 aromatic rings. The maximum atomic E-state index is 12.4. The minimum absolute atomic E-state index is 0.243. The summed E-state index contributed by atoms with van der Waals surface area (Å²) in [6.45, 7) is 14.7. The van der Waals surface area contributed by atoms with E-state index < -0.39 is 0 Å². The van der Waals surface area contributed by atoms with Crippen molar-refractivity contribution in [2.75, 3.05) is 27.2 Å². The van der Waals surface area contributed by atoms with Crippen molar-refractivity contribution >= 4 is 5.91 Å². The van der Waals surface area contributed by atoms with Crippen LogP contribution in [0.4, 0.5) is 0 Å². The van der Waals surface area contributed by atoms with E-state index in [4.69, 9.17) is 0 Å². The third kappa shape index (κ3) is 6.95. The Morgan fingerprint density at radius 2 is 1.58 bits per heavy atom. The van der Waals surface area contributed by atoms with Gasteiger partial charge in [-0.05, 0) is 46.2 Å². The second-order valence-electron chi connectivity index (χ2n) is 7.14. The predicted octanol–water partition coefficient (Wildman–Crippen LogP) is 3.25. The highest BCUT2D eigenvalue weighted by Crippen LogP contribution is 2.27. The molecule has 3 nitrogen and oxygen atoms in total. The summed E-state index contributed by atoms with van der Waals surface area (Å²) >= 11 is 0. The van der Waals surface area contributed by atoms with E-state index in [1.165, 1.54) is 0 Å². The first-order valence-corrected chi connectivity index (χ1v) is 7.53. The Hall–Kier alpha value is -0.570. The second-order valence-corrected chi connectivity index (χ2v) is 7.14. The second kappa shape index (κ2) is 7.88. The smallest absolute Gasteiger partial charge is 0.227 e. The Morgan fingerprint density at radius 3 is 2.00 bits per heavy atom. The van der Waals surface area contributed by atoms with E-state index in [1.807, 2.05) is 11.9 Å². The molecule has 3 heteroatoms. The maximum Gasteiger partial charge on any atom is 0.227 e. The van der Waals surface area contributed by atoms with Gasteiger partial charge in [0.2, 0.25) is 5.91 Å². The SMILES string of the molecule is CC(C)CC(C)(C)C(=O)N(C)CCCN(C)C(C)C. The molecular formula is C16H34N2O. The topological polar surface area (TPSA) is 23.6 Å². The van der Waals surface area contributed by atoms with Gasteiger partial charge in [0.05, 0.1) is 0 Å². The van der Waals surface area contributed by atoms with Crippen LogP contribution in [0.1, 0.15) is 54.4 Å². The Balaban J connectivity index is 4.20. The van der Waals surface area contributed by atoms with Gasteiger partial charge >= 0.3 is 0 Å². The Morgan fingerprint density at radius 1 is 1.05 bits per heavy atom. The molecule has 0 saturated carbocycles. The average molecular weight is 270 g/mol. The molecule has 0 unspecified atom stereocenters. The molecule has 0 aromatic carbocycles. The highest BCUT2D eigenvalue weighted by Gasteiger charge is 2.30. The van der Waals surface area contributed by atoms with Gasteiger partial charge in [0, 0.05) is 25.0 Å². The molecule has 0 rings (SSSR count). The van der Waals surface area contributed by atoms with Crippen LogP contribution in [-0.2, 0) is 4.79 Å². The zero-order chi connectivity index (χ0) is 15.2. The van der Waals surface area contributed by atoms with E-state index in [0.717, 1.165) is 25.9 Å². The fourth-order valence-electron chi connectivity index (χ4n) is 2.54. The first-order chi connectivity index (χ1) is 8.58. The van der Waals surface area contributed by atoms with Crippen LogP contribution in [0.25, 0.3) is 0 Å². The molecule has 0 heterocycles. The van der Waals surface area contributed by atoms with Gasteiger partial charge < -0.3 is 9.80 Å². The number of hydrogen-bond acceptors (Lipinski definition) is 2. The lowest BCUT2D eigenvalue weighted by Crippen LogP contribution is -2.40. The van der Waals surface area contributed by atoms with E-state index in [-0.39, 0.29) is 11.3 Å². The predicted molar refractivity (Wildman–Crippen MR) is 83.3 cm³/mol. The first-order valence-electron chi connectivity index (χ1n) is 7.53. The van der Waals surface area contributed by atoms with Crippen LogP contribution in [-0.4, -0.2) is 48.9 Å². The highest BCUT2D eigenvalue weighted by molar-refractivity contribution is 5.81. The summed E-state index contributed by atoms with van der Waals surface area (Å²) in [4.78, 5) is 16.6. The van der Waals surface area contributed by atoms with Crippen molar-refractivity contribution in [3.63, 3.8) is 0 Å². The lowest BCUT2D eigenvalue weighted by molar-refractivity contribution is -0.139. The van der Waals surface area contributed by atoms with E-state index in [9.17, 15) is 4.79 Å². The van der Waals surface area contributed by atoms with Gasteiger partial charge in [-0.1, -0.05) is 27.7 Å². The first kappa shape index (κ1) is 18.4. The van der Waals surface area contributed by atoms with Crippen molar-refractivity contribution in [3.05, 3.63) is 0 Å². The van der Waals surface area contributed by atoms with Crippen molar-refractivity contribution in [1.29, 1.82) is 0 Å². The molecule has 0 aliphatic rings. The minimum Gasteiger partial charge on any atom is -0.345 e. The van der Waals surface area contributed by atoms with Crippen LogP contribution in [0, 0.1) is 11.3 Å². The molecule has 0 radical (unpaired) electrons. The molecule has 0 saturated heterocycles. The molecule has 0 bridgehead atoms. The van der Waals surface area contributed by atoms with Gasteiger partial charge in [0.25, 0.3) is 0 Å². The van der Waals surface area contributed by atoms with Crippen LogP contribution in [0.5, 0.6) is 0 Å². The molecule has 1 amide bonds. The molecular weight excluding hydrogens is 236 g/mol. The summed E-state index contributed by atoms with van der Waals surface area (Å²) < 4.78 is 0. The summed E-state index contributed by atoms with van der Waals surface area (Å²) in [5.41, 5.74) is -0.243. The van der Waals surface area contributed by atoms with Crippen molar-refractivity contribution < 1.29 is 4.79 Å². The van der Waals surface area contributed by atoms with Crippen LogP contribution in [0.2, 0.25) is 0 Å². The average Bonchev–Trinajstić information content (AvgIpc) is 2.25. The highest BCUT2D eigenvalue weighted by atomic mass is 16.2. The largest absolute Gasteiger partial charge is 0.345 e. The number of hydrogen-bond donors (Lipinski definition) is 0. The molecule has 19 heavy (non-hydrogen) atoms. The van der Waals surface area contributed by atoms with Crippen molar-refractivity contribution in [2.24, 2.45) is 11.3 Å². The Kier molecular flexibility index (Phi) is 7.65. The molecule has 0 fully saturated rings. The molecule has 0 spiro atoms. The normalized spacial score (nSPS) is 12.6. The summed E-state index contributed by atoms with van der Waals surface area (Å²) in [7, 11) is 4.06. The van der Waals surface area contributed by atoms with Crippen LogP contribution in [0.3, 0.4) is 0 Å². The third-order valence-corrected chi connectivity index (χ3v) is 3.73. The summed E-state index contributed by atoms with van der Waals surface area (Å²) in [5, 5.41) is 0. The van der Waals surface area contributed by atoms with E-state index >= 15 is 0 Å². The van der Waals surface area contributed by atoms with E-state index in [1.54, 1.807) is 0 Å². The zero-order valence-electron chi connectivity index (χ0n) is 14.3. The van der Waals surface area contributed by atoms with Gasteiger partial charge in [0.1, 0.15) is 0 Å². The molecule has 0 aromatic heterocycles.